The van der Waals surface area contributed by atoms with Gasteiger partial charge < -0.3 is 35.5 Å². The predicted octanol–water partition coefficient (Wildman–Crippen LogP) is 3.43. The van der Waals surface area contributed by atoms with Crippen LogP contribution >= 0.6 is 0 Å². The van der Waals surface area contributed by atoms with Crippen LogP contribution in [0.25, 0.3) is 10.9 Å². The highest BCUT2D eigenvalue weighted by Crippen LogP contribution is 2.32. The maximum atomic E-state index is 13.8. The molecule has 1 atom stereocenters. The lowest BCUT2D eigenvalue weighted by Gasteiger charge is -2.37. The highest BCUT2D eigenvalue weighted by molar-refractivity contribution is 6.00. The number of hydrogen-bond donors (Lipinski definition) is 5. The van der Waals surface area contributed by atoms with Gasteiger partial charge in [0.2, 0.25) is 17.8 Å². The number of ether oxygens (including phenoxy) is 3. The van der Waals surface area contributed by atoms with E-state index in [1.165, 1.54) is 30.3 Å². The molecule has 1 aromatic heterocycles. The molecule has 0 saturated heterocycles. The Kier molecular flexibility index (Phi) is 15.7. The van der Waals surface area contributed by atoms with Crippen molar-refractivity contribution < 1.29 is 51.4 Å². The Balaban J connectivity index is 1.40. The molecule has 4 rings (SSSR count). The van der Waals surface area contributed by atoms with Gasteiger partial charge in [0.05, 0.1) is 37.8 Å². The number of esters is 1. The molecule has 3 aromatic rings. The summed E-state index contributed by atoms with van der Waals surface area (Å²) < 4.78 is 58.0. The summed E-state index contributed by atoms with van der Waals surface area (Å²) >= 11 is 0. The van der Waals surface area contributed by atoms with E-state index < -0.39 is 65.6 Å². The fraction of sp³-hybridized carbons (Fsp3) is 0.500. The van der Waals surface area contributed by atoms with Crippen molar-refractivity contribution in [3.8, 4) is 0 Å². The van der Waals surface area contributed by atoms with Gasteiger partial charge in [0.15, 0.2) is 5.79 Å². The highest BCUT2D eigenvalue weighted by atomic mass is 19.4. The van der Waals surface area contributed by atoms with E-state index in [1.54, 1.807) is 13.8 Å². The van der Waals surface area contributed by atoms with Gasteiger partial charge in [-0.2, -0.15) is 13.2 Å². The molecule has 16 nitrogen and oxygen atoms in total. The average Bonchev–Trinajstić information content (AvgIpc) is 3.19. The molecule has 0 radical (unpaired) electrons. The number of aromatic amines is 1. The average molecular weight is 804 g/mol. The van der Waals surface area contributed by atoms with Gasteiger partial charge in [-0.05, 0) is 61.2 Å². The van der Waals surface area contributed by atoms with E-state index in [4.69, 9.17) is 19.9 Å². The second kappa shape index (κ2) is 20.1. The van der Waals surface area contributed by atoms with E-state index in [2.05, 4.69) is 25.9 Å². The van der Waals surface area contributed by atoms with Gasteiger partial charge in [-0.3, -0.25) is 34.3 Å². The molecule has 0 bridgehead atoms. The minimum Gasteiger partial charge on any atom is -0.467 e. The largest absolute Gasteiger partial charge is 0.471 e. The van der Waals surface area contributed by atoms with Crippen LogP contribution in [-0.4, -0.2) is 91.0 Å². The molecule has 1 aliphatic carbocycles. The number of nitrogens with one attached hydrogen (secondary N) is 4. The molecule has 4 amide bonds. The third-order valence-electron chi connectivity index (χ3n) is 9.14. The molecule has 19 heteroatoms. The van der Waals surface area contributed by atoms with Gasteiger partial charge in [0, 0.05) is 49.5 Å². The summed E-state index contributed by atoms with van der Waals surface area (Å²) in [4.78, 5) is 82.8. The maximum absolute atomic E-state index is 13.8. The van der Waals surface area contributed by atoms with E-state index in [9.17, 15) is 41.9 Å². The molecule has 0 unspecified atom stereocenters. The molecular weight excluding hydrogens is 755 g/mol. The molecule has 1 aliphatic rings. The lowest BCUT2D eigenvalue weighted by Crippen LogP contribution is -2.43. The Morgan fingerprint density at radius 3 is 2.32 bits per heavy atom. The van der Waals surface area contributed by atoms with Crippen molar-refractivity contribution in [1.82, 2.24) is 20.6 Å². The first-order valence-corrected chi connectivity index (χ1v) is 18.5. The van der Waals surface area contributed by atoms with Crippen molar-refractivity contribution in [2.45, 2.75) is 83.3 Å². The first-order chi connectivity index (χ1) is 27.1. The van der Waals surface area contributed by atoms with Gasteiger partial charge in [0.1, 0.15) is 6.04 Å². The monoisotopic (exact) mass is 803 g/mol. The first kappa shape index (κ1) is 44.3. The zero-order chi connectivity index (χ0) is 41.8. The van der Waals surface area contributed by atoms with Gasteiger partial charge in [-0.25, -0.2) is 9.78 Å². The number of amides is 4. The second-order valence-corrected chi connectivity index (χ2v) is 13.7. The number of methoxy groups -OCH3 is 1. The zero-order valence-corrected chi connectivity index (χ0v) is 32.0. The van der Waals surface area contributed by atoms with Gasteiger partial charge in [-0.1, -0.05) is 26.3 Å². The van der Waals surface area contributed by atoms with Crippen molar-refractivity contribution in [2.75, 3.05) is 43.6 Å². The zero-order valence-electron chi connectivity index (χ0n) is 32.0. The number of rotatable bonds is 18. The number of aromatic nitrogens is 2. The minimum absolute atomic E-state index is 0.00450. The number of benzene rings is 2. The van der Waals surface area contributed by atoms with Gasteiger partial charge >= 0.3 is 18.1 Å². The summed E-state index contributed by atoms with van der Waals surface area (Å²) in [6.45, 7) is 3.76. The van der Waals surface area contributed by atoms with Crippen molar-refractivity contribution >= 4 is 52.1 Å². The number of anilines is 2. The molecule has 0 spiro atoms. The van der Waals surface area contributed by atoms with Crippen molar-refractivity contribution in [2.24, 2.45) is 11.7 Å². The van der Waals surface area contributed by atoms with Crippen molar-refractivity contribution in [3.05, 3.63) is 63.9 Å². The number of hydrogen-bond acceptors (Lipinski definition) is 11. The lowest BCUT2D eigenvalue weighted by molar-refractivity contribution is -0.250. The molecule has 6 N–H and O–H groups in total. The number of carbonyl (C=O) groups excluding carboxylic acids is 5. The highest BCUT2D eigenvalue weighted by Gasteiger charge is 2.43. The topological polar surface area (TPSA) is 224 Å². The Morgan fingerprint density at radius 2 is 1.68 bits per heavy atom. The van der Waals surface area contributed by atoms with E-state index in [0.29, 0.717) is 18.1 Å². The minimum atomic E-state index is -5.28. The molecule has 2 aromatic carbocycles. The van der Waals surface area contributed by atoms with Crippen LogP contribution in [0.4, 0.5) is 24.8 Å². The van der Waals surface area contributed by atoms with Crippen LogP contribution in [0.5, 0.6) is 0 Å². The van der Waals surface area contributed by atoms with Crippen LogP contribution in [0.2, 0.25) is 0 Å². The number of nitrogens with zero attached hydrogens (tertiary/aromatic N) is 2. The van der Waals surface area contributed by atoms with E-state index in [0.717, 1.165) is 51.3 Å². The third kappa shape index (κ3) is 12.5. The number of halogens is 3. The fourth-order valence-corrected chi connectivity index (χ4v) is 6.10. The summed E-state index contributed by atoms with van der Waals surface area (Å²) in [7, 11) is 1.11. The van der Waals surface area contributed by atoms with Gasteiger partial charge in [-0.15, -0.1) is 0 Å². The third-order valence-corrected chi connectivity index (χ3v) is 9.14. The Labute approximate surface area is 326 Å². The first-order valence-electron chi connectivity index (χ1n) is 18.5. The van der Waals surface area contributed by atoms with Gasteiger partial charge in [0.25, 0.3) is 11.5 Å². The normalized spacial score (nSPS) is 14.5. The molecule has 57 heavy (non-hydrogen) atoms. The number of carbonyl (C=O) groups is 5. The SMILES string of the molecule is COC(=O)[C@H](CCC(=O)NCCOC1(OCCN)CCCCC1)NC(=O)c1ccc(N(Cc2ccc3nc(NC(=O)C(C)C)[nH]c(=O)c3c2)C(=O)C(F)(F)F)cc1. The smallest absolute Gasteiger partial charge is 0.467 e. The summed E-state index contributed by atoms with van der Waals surface area (Å²) in [6.07, 6.45) is -1.11. The Morgan fingerprint density at radius 1 is 1.00 bits per heavy atom. The quantitative estimate of drug-likeness (QED) is 0.0712. The predicted molar refractivity (Wildman–Crippen MR) is 202 cm³/mol. The molecule has 1 heterocycles. The van der Waals surface area contributed by atoms with Crippen LogP contribution in [0, 0.1) is 5.92 Å². The molecule has 1 saturated carbocycles. The van der Waals surface area contributed by atoms with Crippen molar-refractivity contribution in [3.63, 3.8) is 0 Å². The Bertz CT molecular complexity index is 1950. The van der Waals surface area contributed by atoms with E-state index >= 15 is 0 Å². The van der Waals surface area contributed by atoms with Crippen LogP contribution in [-0.2, 0) is 39.9 Å². The van der Waals surface area contributed by atoms with Crippen LogP contribution < -0.4 is 32.1 Å². The molecule has 310 valence electrons. The van der Waals surface area contributed by atoms with E-state index in [1.807, 2.05) is 0 Å². The Hall–Kier alpha value is -5.40. The standard InChI is InChI=1S/C38H48F3N7O9/c1-23(2)31(50)46-36-45-28-12-7-24(21-27(28)33(52)47-36)22-48(35(54)38(39,40)41)26-10-8-25(9-11-26)32(51)44-29(34(53)55-3)13-14-30(49)43-18-20-57-37(56-19-17-42)15-5-4-6-16-37/h7-12,21,23,29H,4-6,13-20,22,42H2,1-3H3,(H,43,49)(H,44,51)(H2,45,46,47,50,52)/t29-/m0/s1. The second-order valence-electron chi connectivity index (χ2n) is 13.7. The summed E-state index contributed by atoms with van der Waals surface area (Å²) in [5.41, 5.74) is 4.93. The number of alkyl halides is 3. The molecular formula is C38H48F3N7O9. The van der Waals surface area contributed by atoms with E-state index in [-0.39, 0.29) is 59.7 Å². The molecule has 1 fully saturated rings. The number of H-pyrrole nitrogens is 1. The summed E-state index contributed by atoms with van der Waals surface area (Å²) in [6, 6.07) is 7.38. The summed E-state index contributed by atoms with van der Waals surface area (Å²) in [5.74, 6) is -5.85. The fourth-order valence-electron chi connectivity index (χ4n) is 6.10. The maximum Gasteiger partial charge on any atom is 0.471 e. The van der Waals surface area contributed by atoms with Crippen LogP contribution in [0.3, 0.4) is 0 Å². The molecule has 0 aliphatic heterocycles. The van der Waals surface area contributed by atoms with Crippen molar-refractivity contribution in [1.29, 1.82) is 0 Å². The number of nitrogens with two attached hydrogens (primary N) is 1. The lowest BCUT2D eigenvalue weighted by atomic mass is 9.94. The summed E-state index contributed by atoms with van der Waals surface area (Å²) in [5, 5.41) is 7.68. The van der Waals surface area contributed by atoms with Crippen LogP contribution in [0.15, 0.2) is 47.3 Å². The number of fused-ring (bicyclic) bond motifs is 1. The van der Waals surface area contributed by atoms with Crippen LogP contribution in [0.1, 0.15) is 74.7 Å².